The highest BCUT2D eigenvalue weighted by molar-refractivity contribution is 5.74. The molecule has 76 valence electrons. The van der Waals surface area contributed by atoms with Gasteiger partial charge in [0.15, 0.2) is 12.2 Å². The first kappa shape index (κ1) is 9.45. The molecule has 0 aliphatic heterocycles. The first-order valence-electron chi connectivity index (χ1n) is 4.51. The Morgan fingerprint density at radius 2 is 2.33 bits per heavy atom. The number of aromatic nitrogens is 1. The van der Waals surface area contributed by atoms with Crippen molar-refractivity contribution in [3.63, 3.8) is 0 Å². The number of hydrogen-bond acceptors (Lipinski definition) is 3. The minimum Gasteiger partial charge on any atom is -0.444 e. The Kier molecular flexibility index (Phi) is 2.49. The number of oxazole rings is 1. The molecular formula is C11H10N2O2. The van der Waals surface area contributed by atoms with E-state index in [9.17, 15) is 4.79 Å². The van der Waals surface area contributed by atoms with E-state index in [-0.39, 0.29) is 0 Å². The zero-order valence-electron chi connectivity index (χ0n) is 8.23. The van der Waals surface area contributed by atoms with Crippen LogP contribution in [0.1, 0.15) is 5.56 Å². The zero-order valence-corrected chi connectivity index (χ0v) is 8.23. The smallest absolute Gasteiger partial charge is 0.211 e. The maximum Gasteiger partial charge on any atom is 0.211 e. The van der Waals surface area contributed by atoms with E-state index in [1.807, 2.05) is 25.1 Å². The molecule has 4 nitrogen and oxygen atoms in total. The van der Waals surface area contributed by atoms with Crippen LogP contribution in [0.2, 0.25) is 0 Å². The fraction of sp³-hybridized carbons (Fsp3) is 0.0909. The average Bonchev–Trinajstić information content (AvgIpc) is 2.71. The van der Waals surface area contributed by atoms with Crippen molar-refractivity contribution in [1.29, 1.82) is 0 Å². The number of hydrogen-bond donors (Lipinski definition) is 1. The van der Waals surface area contributed by atoms with E-state index in [2.05, 4.69) is 10.3 Å². The van der Waals surface area contributed by atoms with E-state index >= 15 is 0 Å². The van der Waals surface area contributed by atoms with Crippen LogP contribution in [0.5, 0.6) is 0 Å². The van der Waals surface area contributed by atoms with Gasteiger partial charge in [0.05, 0.1) is 6.20 Å². The molecule has 0 saturated carbocycles. The van der Waals surface area contributed by atoms with Crippen molar-refractivity contribution in [2.24, 2.45) is 0 Å². The third-order valence-electron chi connectivity index (χ3n) is 2.15. The largest absolute Gasteiger partial charge is 0.444 e. The standard InChI is InChI=1S/C11H10N2O2/c1-8-4-9(13-6-14)2-3-10(8)11-5-12-7-15-11/h2-7H,1H3,(H,13,14). The topological polar surface area (TPSA) is 55.1 Å². The van der Waals surface area contributed by atoms with Gasteiger partial charge < -0.3 is 9.73 Å². The van der Waals surface area contributed by atoms with Crippen LogP contribution < -0.4 is 5.32 Å². The van der Waals surface area contributed by atoms with Gasteiger partial charge in [-0.15, -0.1) is 0 Å². The Bertz CT molecular complexity index is 463. The summed E-state index contributed by atoms with van der Waals surface area (Å²) in [5.74, 6) is 0.727. The van der Waals surface area contributed by atoms with Crippen LogP contribution in [0.3, 0.4) is 0 Å². The predicted octanol–water partition coefficient (Wildman–Crippen LogP) is 2.22. The number of anilines is 1. The molecule has 0 spiro atoms. The zero-order chi connectivity index (χ0) is 10.7. The molecular weight excluding hydrogens is 192 g/mol. The van der Waals surface area contributed by atoms with Crippen LogP contribution in [0, 0.1) is 6.92 Å². The minimum atomic E-state index is 0.656. The Hall–Kier alpha value is -2.10. The minimum absolute atomic E-state index is 0.656. The number of nitrogens with zero attached hydrogens (tertiary/aromatic N) is 1. The SMILES string of the molecule is Cc1cc(NC=O)ccc1-c1cnco1. The van der Waals surface area contributed by atoms with Gasteiger partial charge in [0, 0.05) is 11.3 Å². The lowest BCUT2D eigenvalue weighted by Crippen LogP contribution is -1.94. The van der Waals surface area contributed by atoms with Crippen molar-refractivity contribution in [3.05, 3.63) is 36.4 Å². The highest BCUT2D eigenvalue weighted by atomic mass is 16.3. The van der Waals surface area contributed by atoms with Gasteiger partial charge in [0.2, 0.25) is 6.41 Å². The Morgan fingerprint density at radius 3 is 2.93 bits per heavy atom. The van der Waals surface area contributed by atoms with Crippen LogP contribution in [-0.2, 0) is 4.79 Å². The second-order valence-electron chi connectivity index (χ2n) is 3.16. The van der Waals surface area contributed by atoms with Crippen molar-refractivity contribution < 1.29 is 9.21 Å². The fourth-order valence-electron chi connectivity index (χ4n) is 1.45. The predicted molar refractivity (Wildman–Crippen MR) is 56.4 cm³/mol. The number of carbonyl (C=O) groups excluding carboxylic acids is 1. The third-order valence-corrected chi connectivity index (χ3v) is 2.15. The molecule has 1 heterocycles. The van der Waals surface area contributed by atoms with Gasteiger partial charge in [0.1, 0.15) is 0 Å². The molecule has 1 aromatic carbocycles. The quantitative estimate of drug-likeness (QED) is 0.776. The third kappa shape index (κ3) is 1.88. The first-order valence-corrected chi connectivity index (χ1v) is 4.51. The number of amides is 1. The highest BCUT2D eigenvalue weighted by Crippen LogP contribution is 2.25. The maximum absolute atomic E-state index is 10.3. The molecule has 4 heteroatoms. The van der Waals surface area contributed by atoms with E-state index in [1.165, 1.54) is 6.39 Å². The summed E-state index contributed by atoms with van der Waals surface area (Å²) in [7, 11) is 0. The van der Waals surface area contributed by atoms with Gasteiger partial charge in [-0.05, 0) is 30.7 Å². The van der Waals surface area contributed by atoms with Crippen molar-refractivity contribution in [2.45, 2.75) is 6.92 Å². The van der Waals surface area contributed by atoms with Crippen molar-refractivity contribution in [2.75, 3.05) is 5.32 Å². The number of carbonyl (C=O) groups is 1. The Balaban J connectivity index is 2.39. The summed E-state index contributed by atoms with van der Waals surface area (Å²) in [5.41, 5.74) is 2.77. The fourth-order valence-corrected chi connectivity index (χ4v) is 1.45. The molecule has 0 aliphatic rings. The van der Waals surface area contributed by atoms with Gasteiger partial charge in [-0.2, -0.15) is 0 Å². The second kappa shape index (κ2) is 3.96. The Labute approximate surface area is 86.9 Å². The molecule has 0 aliphatic carbocycles. The second-order valence-corrected chi connectivity index (χ2v) is 3.16. The number of rotatable bonds is 3. The van der Waals surface area contributed by atoms with Crippen LogP contribution in [0.4, 0.5) is 5.69 Å². The van der Waals surface area contributed by atoms with E-state index in [1.54, 1.807) is 6.20 Å². The molecule has 15 heavy (non-hydrogen) atoms. The van der Waals surface area contributed by atoms with Crippen molar-refractivity contribution >= 4 is 12.1 Å². The van der Waals surface area contributed by atoms with Gasteiger partial charge in [0.25, 0.3) is 0 Å². The lowest BCUT2D eigenvalue weighted by Gasteiger charge is -2.04. The van der Waals surface area contributed by atoms with Crippen molar-refractivity contribution in [3.8, 4) is 11.3 Å². The van der Waals surface area contributed by atoms with E-state index in [0.29, 0.717) is 6.41 Å². The Morgan fingerprint density at radius 1 is 1.47 bits per heavy atom. The molecule has 0 atom stereocenters. The maximum atomic E-state index is 10.3. The molecule has 0 radical (unpaired) electrons. The molecule has 0 saturated heterocycles. The molecule has 0 bridgehead atoms. The van der Waals surface area contributed by atoms with Gasteiger partial charge in [-0.3, -0.25) is 4.79 Å². The number of nitrogens with one attached hydrogen (secondary N) is 1. The lowest BCUT2D eigenvalue weighted by atomic mass is 10.1. The highest BCUT2D eigenvalue weighted by Gasteiger charge is 2.05. The number of benzene rings is 1. The summed E-state index contributed by atoms with van der Waals surface area (Å²) in [6.45, 7) is 1.95. The molecule has 0 fully saturated rings. The molecule has 1 amide bonds. The van der Waals surface area contributed by atoms with Crippen LogP contribution in [-0.4, -0.2) is 11.4 Å². The molecule has 2 aromatic rings. The van der Waals surface area contributed by atoms with Crippen LogP contribution in [0.25, 0.3) is 11.3 Å². The normalized spacial score (nSPS) is 9.93. The summed E-state index contributed by atoms with van der Waals surface area (Å²) < 4.78 is 5.20. The summed E-state index contributed by atoms with van der Waals surface area (Å²) in [5, 5.41) is 2.59. The van der Waals surface area contributed by atoms with E-state index in [0.717, 1.165) is 22.6 Å². The van der Waals surface area contributed by atoms with Gasteiger partial charge in [-0.1, -0.05) is 0 Å². The van der Waals surface area contributed by atoms with Crippen LogP contribution in [0.15, 0.2) is 35.2 Å². The van der Waals surface area contributed by atoms with E-state index < -0.39 is 0 Å². The molecule has 0 unspecified atom stereocenters. The van der Waals surface area contributed by atoms with Gasteiger partial charge >= 0.3 is 0 Å². The molecule has 1 aromatic heterocycles. The first-order chi connectivity index (χ1) is 7.31. The van der Waals surface area contributed by atoms with Crippen LogP contribution >= 0.6 is 0 Å². The van der Waals surface area contributed by atoms with Gasteiger partial charge in [-0.25, -0.2) is 4.98 Å². The summed E-state index contributed by atoms with van der Waals surface area (Å²) in [6, 6.07) is 5.59. The van der Waals surface area contributed by atoms with E-state index in [4.69, 9.17) is 4.42 Å². The lowest BCUT2D eigenvalue weighted by molar-refractivity contribution is -0.105. The summed E-state index contributed by atoms with van der Waals surface area (Å²) in [4.78, 5) is 14.1. The number of aryl methyl sites for hydroxylation is 1. The average molecular weight is 202 g/mol. The monoisotopic (exact) mass is 202 g/mol. The summed E-state index contributed by atoms with van der Waals surface area (Å²) >= 11 is 0. The molecule has 1 N–H and O–H groups in total. The summed E-state index contributed by atoms with van der Waals surface area (Å²) in [6.07, 6.45) is 3.71. The van der Waals surface area contributed by atoms with Crippen molar-refractivity contribution in [1.82, 2.24) is 4.98 Å². The molecule has 2 rings (SSSR count).